The number of amides is 2. The Bertz CT molecular complexity index is 887. The van der Waals surface area contributed by atoms with E-state index in [9.17, 15) is 9.59 Å². The number of methoxy groups -OCH3 is 1. The molecule has 0 saturated carbocycles. The number of anilines is 2. The van der Waals surface area contributed by atoms with E-state index in [1.165, 1.54) is 18.5 Å². The van der Waals surface area contributed by atoms with E-state index in [-0.39, 0.29) is 17.7 Å². The normalized spacial score (nSPS) is 14.5. The molecule has 6 nitrogen and oxygen atoms in total. The molecular weight excluding hydrogens is 378 g/mol. The summed E-state index contributed by atoms with van der Waals surface area (Å²) in [6.07, 6.45) is 2.45. The molecule has 1 saturated heterocycles. The second-order valence-electron chi connectivity index (χ2n) is 8.11. The third-order valence-electron chi connectivity index (χ3n) is 5.50. The molecule has 0 unspecified atom stereocenters. The van der Waals surface area contributed by atoms with Gasteiger partial charge in [0.1, 0.15) is 11.8 Å². The standard InChI is InChI=1S/C24H31N3O3/c1-16(2)22(26-23(28)18-7-10-20(30-4)11-8-18)24(29)25-19-9-12-21(17(3)15-19)27-13-5-6-14-27/h7-12,15-16,22H,5-6,13-14H2,1-4H3,(H,25,29)(H,26,28)/t22-/m1/s1. The maximum atomic E-state index is 12.9. The first-order valence-corrected chi connectivity index (χ1v) is 10.5. The predicted octanol–water partition coefficient (Wildman–Crippen LogP) is 4.00. The van der Waals surface area contributed by atoms with Gasteiger partial charge in [0.15, 0.2) is 0 Å². The summed E-state index contributed by atoms with van der Waals surface area (Å²) >= 11 is 0. The van der Waals surface area contributed by atoms with Crippen LogP contribution in [0.1, 0.15) is 42.6 Å². The third-order valence-corrected chi connectivity index (χ3v) is 5.50. The number of hydrogen-bond acceptors (Lipinski definition) is 4. The Morgan fingerprint density at radius 1 is 1.03 bits per heavy atom. The molecule has 0 aromatic heterocycles. The minimum atomic E-state index is -0.641. The highest BCUT2D eigenvalue weighted by Crippen LogP contribution is 2.27. The van der Waals surface area contributed by atoms with Crippen molar-refractivity contribution in [1.82, 2.24) is 5.32 Å². The number of nitrogens with one attached hydrogen (secondary N) is 2. The molecule has 0 spiro atoms. The zero-order valence-corrected chi connectivity index (χ0v) is 18.2. The Morgan fingerprint density at radius 3 is 2.27 bits per heavy atom. The highest BCUT2D eigenvalue weighted by atomic mass is 16.5. The smallest absolute Gasteiger partial charge is 0.251 e. The van der Waals surface area contributed by atoms with E-state index in [2.05, 4.69) is 28.5 Å². The van der Waals surface area contributed by atoms with E-state index < -0.39 is 6.04 Å². The van der Waals surface area contributed by atoms with Crippen LogP contribution >= 0.6 is 0 Å². The van der Waals surface area contributed by atoms with Crippen molar-refractivity contribution in [3.63, 3.8) is 0 Å². The molecule has 2 amide bonds. The lowest BCUT2D eigenvalue weighted by atomic mass is 10.0. The molecule has 3 rings (SSSR count). The van der Waals surface area contributed by atoms with E-state index in [4.69, 9.17) is 4.74 Å². The first-order chi connectivity index (χ1) is 14.4. The molecule has 1 aliphatic heterocycles. The summed E-state index contributed by atoms with van der Waals surface area (Å²) in [5.41, 5.74) is 3.58. The van der Waals surface area contributed by atoms with Crippen LogP contribution in [0.15, 0.2) is 42.5 Å². The molecule has 1 fully saturated rings. The third kappa shape index (κ3) is 5.12. The highest BCUT2D eigenvalue weighted by Gasteiger charge is 2.25. The zero-order valence-electron chi connectivity index (χ0n) is 18.2. The van der Waals surface area contributed by atoms with Gasteiger partial charge in [0.05, 0.1) is 7.11 Å². The first-order valence-electron chi connectivity index (χ1n) is 10.5. The van der Waals surface area contributed by atoms with Gasteiger partial charge < -0.3 is 20.3 Å². The van der Waals surface area contributed by atoms with E-state index in [0.717, 1.165) is 24.3 Å². The van der Waals surface area contributed by atoms with Gasteiger partial charge in [-0.1, -0.05) is 13.8 Å². The Balaban J connectivity index is 1.67. The van der Waals surface area contributed by atoms with Gasteiger partial charge in [-0.05, 0) is 73.7 Å². The average Bonchev–Trinajstić information content (AvgIpc) is 3.26. The molecule has 0 radical (unpaired) electrons. The SMILES string of the molecule is COc1ccc(C(=O)N[C@@H](C(=O)Nc2ccc(N3CCCC3)c(C)c2)C(C)C)cc1. The molecular formula is C24H31N3O3. The fourth-order valence-corrected chi connectivity index (χ4v) is 3.77. The van der Waals surface area contributed by atoms with Crippen molar-refractivity contribution in [1.29, 1.82) is 0 Å². The van der Waals surface area contributed by atoms with E-state index >= 15 is 0 Å². The summed E-state index contributed by atoms with van der Waals surface area (Å²) in [4.78, 5) is 27.9. The number of benzene rings is 2. The number of carbonyl (C=O) groups is 2. The lowest BCUT2D eigenvalue weighted by Gasteiger charge is -2.23. The van der Waals surface area contributed by atoms with E-state index in [1.54, 1.807) is 31.4 Å². The summed E-state index contributed by atoms with van der Waals surface area (Å²) in [7, 11) is 1.58. The molecule has 2 aromatic rings. The van der Waals surface area contributed by atoms with Crippen LogP contribution in [-0.2, 0) is 4.79 Å². The van der Waals surface area contributed by atoms with Crippen molar-refractivity contribution in [2.75, 3.05) is 30.4 Å². The summed E-state index contributed by atoms with van der Waals surface area (Å²) in [6, 6.07) is 12.2. The molecule has 0 aliphatic carbocycles. The lowest BCUT2D eigenvalue weighted by molar-refractivity contribution is -0.118. The largest absolute Gasteiger partial charge is 0.497 e. The molecule has 1 heterocycles. The van der Waals surface area contributed by atoms with Crippen molar-refractivity contribution >= 4 is 23.2 Å². The Labute approximate surface area is 178 Å². The van der Waals surface area contributed by atoms with Crippen molar-refractivity contribution < 1.29 is 14.3 Å². The van der Waals surface area contributed by atoms with Crippen LogP contribution in [-0.4, -0.2) is 38.1 Å². The molecule has 2 N–H and O–H groups in total. The van der Waals surface area contributed by atoms with Crippen molar-refractivity contribution in [3.05, 3.63) is 53.6 Å². The van der Waals surface area contributed by atoms with Gasteiger partial charge in [0, 0.05) is 30.0 Å². The summed E-state index contributed by atoms with van der Waals surface area (Å²) in [5, 5.41) is 5.83. The minimum absolute atomic E-state index is 0.0582. The predicted molar refractivity (Wildman–Crippen MR) is 120 cm³/mol. The minimum Gasteiger partial charge on any atom is -0.497 e. The van der Waals surface area contributed by atoms with Gasteiger partial charge in [-0.25, -0.2) is 0 Å². The molecule has 1 aliphatic rings. The topological polar surface area (TPSA) is 70.7 Å². The molecule has 6 heteroatoms. The molecule has 0 bridgehead atoms. The maximum Gasteiger partial charge on any atom is 0.251 e. The van der Waals surface area contributed by atoms with Gasteiger partial charge in [-0.2, -0.15) is 0 Å². The summed E-state index contributed by atoms with van der Waals surface area (Å²) in [6.45, 7) is 8.06. The molecule has 2 aromatic carbocycles. The fourth-order valence-electron chi connectivity index (χ4n) is 3.77. The van der Waals surface area contributed by atoms with Crippen LogP contribution in [0, 0.1) is 12.8 Å². The van der Waals surface area contributed by atoms with E-state index in [0.29, 0.717) is 11.3 Å². The Kier molecular flexibility index (Phi) is 6.98. The zero-order chi connectivity index (χ0) is 21.7. The van der Waals surface area contributed by atoms with Gasteiger partial charge in [-0.3, -0.25) is 9.59 Å². The van der Waals surface area contributed by atoms with Gasteiger partial charge in [0.2, 0.25) is 5.91 Å². The number of nitrogens with zero attached hydrogens (tertiary/aromatic N) is 1. The average molecular weight is 410 g/mol. The number of ether oxygens (including phenoxy) is 1. The van der Waals surface area contributed by atoms with Gasteiger partial charge in [0.25, 0.3) is 5.91 Å². The van der Waals surface area contributed by atoms with E-state index in [1.807, 2.05) is 26.0 Å². The van der Waals surface area contributed by atoms with Gasteiger partial charge in [-0.15, -0.1) is 0 Å². The second-order valence-corrected chi connectivity index (χ2v) is 8.11. The Hall–Kier alpha value is -3.02. The number of hydrogen-bond donors (Lipinski definition) is 2. The highest BCUT2D eigenvalue weighted by molar-refractivity contribution is 6.01. The van der Waals surface area contributed by atoms with Crippen molar-refractivity contribution in [2.45, 2.75) is 39.7 Å². The quantitative estimate of drug-likeness (QED) is 0.725. The molecule has 160 valence electrons. The number of aryl methyl sites for hydroxylation is 1. The Morgan fingerprint density at radius 2 is 1.70 bits per heavy atom. The lowest BCUT2D eigenvalue weighted by Crippen LogP contribution is -2.47. The monoisotopic (exact) mass is 409 g/mol. The van der Waals surface area contributed by atoms with Crippen LogP contribution in [0.2, 0.25) is 0 Å². The summed E-state index contributed by atoms with van der Waals surface area (Å²) < 4.78 is 5.12. The van der Waals surface area contributed by atoms with Crippen LogP contribution in [0.25, 0.3) is 0 Å². The maximum absolute atomic E-state index is 12.9. The molecule has 1 atom stereocenters. The van der Waals surface area contributed by atoms with Gasteiger partial charge >= 0.3 is 0 Å². The number of rotatable bonds is 7. The number of carbonyl (C=O) groups excluding carboxylic acids is 2. The molecule has 30 heavy (non-hydrogen) atoms. The van der Waals surface area contributed by atoms with Crippen molar-refractivity contribution in [3.8, 4) is 5.75 Å². The van der Waals surface area contributed by atoms with Crippen LogP contribution in [0.4, 0.5) is 11.4 Å². The van der Waals surface area contributed by atoms with Crippen LogP contribution in [0.3, 0.4) is 0 Å². The fraction of sp³-hybridized carbons (Fsp3) is 0.417. The van der Waals surface area contributed by atoms with Crippen LogP contribution in [0.5, 0.6) is 5.75 Å². The summed E-state index contributed by atoms with van der Waals surface area (Å²) in [5.74, 6) is 0.113. The van der Waals surface area contributed by atoms with Crippen LogP contribution < -0.4 is 20.3 Å². The van der Waals surface area contributed by atoms with Crippen molar-refractivity contribution in [2.24, 2.45) is 5.92 Å². The second kappa shape index (κ2) is 9.65. The first kappa shape index (κ1) is 21.7.